The number of sulfone groups is 1. The summed E-state index contributed by atoms with van der Waals surface area (Å²) >= 11 is 0. The van der Waals surface area contributed by atoms with E-state index in [1.54, 1.807) is 6.92 Å². The van der Waals surface area contributed by atoms with Crippen LogP contribution >= 0.6 is 0 Å². The molecule has 1 aliphatic carbocycles. The summed E-state index contributed by atoms with van der Waals surface area (Å²) in [5, 5.41) is 8.62. The molecule has 5 heteroatoms. The fourth-order valence-electron chi connectivity index (χ4n) is 1.27. The highest BCUT2D eigenvalue weighted by molar-refractivity contribution is 7.94. The van der Waals surface area contributed by atoms with E-state index < -0.39 is 15.8 Å². The maximum Gasteiger partial charge on any atom is 0.331 e. The van der Waals surface area contributed by atoms with Gasteiger partial charge in [-0.3, -0.25) is 0 Å². The van der Waals surface area contributed by atoms with Crippen LogP contribution in [-0.4, -0.2) is 25.7 Å². The molecular weight excluding hydrogens is 192 g/mol. The lowest BCUT2D eigenvalue weighted by atomic mass is 10.2. The third-order valence-electron chi connectivity index (χ3n) is 1.86. The Morgan fingerprint density at radius 2 is 2.08 bits per heavy atom. The second-order valence-electron chi connectivity index (χ2n) is 3.07. The van der Waals surface area contributed by atoms with E-state index in [0.717, 1.165) is 6.26 Å². The van der Waals surface area contributed by atoms with E-state index in [2.05, 4.69) is 0 Å². The van der Waals surface area contributed by atoms with Gasteiger partial charge in [0, 0.05) is 18.2 Å². The van der Waals surface area contributed by atoms with Crippen LogP contribution in [0.2, 0.25) is 0 Å². The first-order chi connectivity index (χ1) is 5.82. The van der Waals surface area contributed by atoms with Gasteiger partial charge < -0.3 is 5.11 Å². The second-order valence-corrected chi connectivity index (χ2v) is 5.05. The molecule has 72 valence electrons. The minimum Gasteiger partial charge on any atom is -0.478 e. The van der Waals surface area contributed by atoms with Gasteiger partial charge in [0.15, 0.2) is 9.84 Å². The smallest absolute Gasteiger partial charge is 0.331 e. The third-order valence-corrected chi connectivity index (χ3v) is 3.12. The number of carbonyl (C=O) groups is 1. The number of rotatable bonds is 2. The van der Waals surface area contributed by atoms with Crippen LogP contribution in [0.1, 0.15) is 13.3 Å². The molecule has 4 nitrogen and oxygen atoms in total. The Morgan fingerprint density at radius 1 is 1.54 bits per heavy atom. The van der Waals surface area contributed by atoms with E-state index in [1.165, 1.54) is 6.08 Å². The molecule has 1 aliphatic rings. The molecule has 0 heterocycles. The van der Waals surface area contributed by atoms with Crippen molar-refractivity contribution in [2.75, 3.05) is 6.26 Å². The van der Waals surface area contributed by atoms with Gasteiger partial charge in [-0.2, -0.15) is 0 Å². The quantitative estimate of drug-likeness (QED) is 0.716. The van der Waals surface area contributed by atoms with Crippen LogP contribution in [-0.2, 0) is 14.6 Å². The summed E-state index contributed by atoms with van der Waals surface area (Å²) in [5.41, 5.74) is 0.734. The van der Waals surface area contributed by atoms with Crippen LogP contribution in [0.25, 0.3) is 0 Å². The van der Waals surface area contributed by atoms with Crippen LogP contribution in [0.15, 0.2) is 22.1 Å². The van der Waals surface area contributed by atoms with Gasteiger partial charge in [-0.1, -0.05) is 0 Å². The van der Waals surface area contributed by atoms with Gasteiger partial charge in [-0.05, 0) is 18.6 Å². The van der Waals surface area contributed by atoms with Crippen molar-refractivity contribution in [3.05, 3.63) is 22.1 Å². The Morgan fingerprint density at radius 3 is 2.31 bits per heavy atom. The average Bonchev–Trinajstić information content (AvgIpc) is 2.29. The number of carboxylic acids is 1. The molecule has 0 saturated heterocycles. The van der Waals surface area contributed by atoms with E-state index in [0.29, 0.717) is 5.57 Å². The minimum atomic E-state index is -3.28. The number of hydrogen-bond acceptors (Lipinski definition) is 3. The standard InChI is InChI=1S/C8H10O4S/c1-5-3-6(8(9)10)4-7(5)13(2,11)12/h4H,3H2,1-2H3,(H,9,10). The molecule has 0 aromatic rings. The maximum atomic E-state index is 11.1. The highest BCUT2D eigenvalue weighted by Gasteiger charge is 2.23. The van der Waals surface area contributed by atoms with Gasteiger partial charge in [0.05, 0.1) is 4.91 Å². The van der Waals surface area contributed by atoms with Crippen molar-refractivity contribution in [1.29, 1.82) is 0 Å². The molecule has 0 bridgehead atoms. The van der Waals surface area contributed by atoms with Gasteiger partial charge >= 0.3 is 5.97 Å². The molecular formula is C8H10O4S. The molecule has 0 atom stereocenters. The van der Waals surface area contributed by atoms with Crippen molar-refractivity contribution in [1.82, 2.24) is 0 Å². The zero-order valence-corrected chi connectivity index (χ0v) is 8.18. The Balaban J connectivity index is 3.13. The molecule has 0 unspecified atom stereocenters. The number of aliphatic carboxylic acids is 1. The molecule has 0 saturated carbocycles. The van der Waals surface area contributed by atoms with Gasteiger partial charge in [0.1, 0.15) is 0 Å². The van der Waals surface area contributed by atoms with Crippen LogP contribution < -0.4 is 0 Å². The van der Waals surface area contributed by atoms with Gasteiger partial charge in [0.2, 0.25) is 0 Å². The Kier molecular flexibility index (Phi) is 2.30. The van der Waals surface area contributed by atoms with E-state index >= 15 is 0 Å². The Bertz CT molecular complexity index is 411. The van der Waals surface area contributed by atoms with Gasteiger partial charge in [0.25, 0.3) is 0 Å². The molecule has 0 aromatic carbocycles. The van der Waals surface area contributed by atoms with E-state index in [4.69, 9.17) is 5.11 Å². The van der Waals surface area contributed by atoms with Crippen molar-refractivity contribution >= 4 is 15.8 Å². The minimum absolute atomic E-state index is 0.137. The first-order valence-corrected chi connectivity index (χ1v) is 5.55. The summed E-state index contributed by atoms with van der Waals surface area (Å²) in [5.74, 6) is -1.06. The molecule has 0 fully saturated rings. The van der Waals surface area contributed by atoms with Crippen LogP contribution in [0.3, 0.4) is 0 Å². The lowest BCUT2D eigenvalue weighted by Gasteiger charge is -1.96. The summed E-state index contributed by atoms with van der Waals surface area (Å²) in [4.78, 5) is 10.7. The van der Waals surface area contributed by atoms with Crippen molar-refractivity contribution < 1.29 is 18.3 Å². The van der Waals surface area contributed by atoms with Crippen LogP contribution in [0.4, 0.5) is 0 Å². The summed E-state index contributed by atoms with van der Waals surface area (Å²) in [6.45, 7) is 1.63. The number of hydrogen-bond donors (Lipinski definition) is 1. The van der Waals surface area contributed by atoms with Crippen molar-refractivity contribution in [3.8, 4) is 0 Å². The molecule has 0 amide bonds. The normalized spacial score (nSPS) is 17.5. The van der Waals surface area contributed by atoms with Crippen molar-refractivity contribution in [3.63, 3.8) is 0 Å². The predicted octanol–water partition coefficient (Wildman–Crippen LogP) is 0.720. The maximum absolute atomic E-state index is 11.1. The third kappa shape index (κ3) is 1.98. The fourth-order valence-corrected chi connectivity index (χ4v) is 2.33. The van der Waals surface area contributed by atoms with Gasteiger partial charge in [-0.25, -0.2) is 13.2 Å². The van der Waals surface area contributed by atoms with Gasteiger partial charge in [-0.15, -0.1) is 0 Å². The largest absolute Gasteiger partial charge is 0.478 e. The van der Waals surface area contributed by atoms with E-state index in [1.807, 2.05) is 0 Å². The first kappa shape index (κ1) is 9.98. The lowest BCUT2D eigenvalue weighted by molar-refractivity contribution is -0.132. The van der Waals surface area contributed by atoms with Crippen molar-refractivity contribution in [2.24, 2.45) is 0 Å². The topological polar surface area (TPSA) is 71.4 Å². The zero-order valence-electron chi connectivity index (χ0n) is 7.36. The molecule has 0 aliphatic heterocycles. The monoisotopic (exact) mass is 202 g/mol. The SMILES string of the molecule is CC1=C(S(C)(=O)=O)C=C(C(=O)O)C1. The summed E-state index contributed by atoms with van der Waals surface area (Å²) in [7, 11) is -3.28. The molecule has 0 spiro atoms. The van der Waals surface area contributed by atoms with E-state index in [-0.39, 0.29) is 16.9 Å². The van der Waals surface area contributed by atoms with E-state index in [9.17, 15) is 13.2 Å². The Labute approximate surface area is 76.5 Å². The van der Waals surface area contributed by atoms with Crippen LogP contribution in [0.5, 0.6) is 0 Å². The second kappa shape index (κ2) is 2.99. The highest BCUT2D eigenvalue weighted by atomic mass is 32.2. The summed E-state index contributed by atoms with van der Waals surface area (Å²) in [6.07, 6.45) is 2.53. The summed E-state index contributed by atoms with van der Waals surface area (Å²) in [6, 6.07) is 0. The molecule has 0 radical (unpaired) electrons. The van der Waals surface area contributed by atoms with Crippen molar-refractivity contribution in [2.45, 2.75) is 13.3 Å². The highest BCUT2D eigenvalue weighted by Crippen LogP contribution is 2.28. The fraction of sp³-hybridized carbons (Fsp3) is 0.375. The summed E-state index contributed by atoms with van der Waals surface area (Å²) < 4.78 is 22.2. The molecule has 13 heavy (non-hydrogen) atoms. The number of allylic oxidation sites excluding steroid dienone is 2. The Hall–Kier alpha value is -1.10. The average molecular weight is 202 g/mol. The first-order valence-electron chi connectivity index (χ1n) is 3.66. The predicted molar refractivity (Wildman–Crippen MR) is 47.9 cm³/mol. The molecule has 1 N–H and O–H groups in total. The zero-order chi connectivity index (χ0) is 10.2. The molecule has 1 rings (SSSR count). The lowest BCUT2D eigenvalue weighted by Crippen LogP contribution is -1.99. The number of carboxylic acid groups (broad SMARTS) is 1. The molecule has 0 aromatic heterocycles. The van der Waals surface area contributed by atoms with Crippen LogP contribution in [0, 0.1) is 0 Å².